The van der Waals surface area contributed by atoms with Gasteiger partial charge in [-0.3, -0.25) is 9.59 Å². The van der Waals surface area contributed by atoms with E-state index in [4.69, 9.17) is 5.10 Å². The van der Waals surface area contributed by atoms with Gasteiger partial charge in [-0.05, 0) is 32.8 Å². The fourth-order valence-electron chi connectivity index (χ4n) is 3.84. The van der Waals surface area contributed by atoms with Crippen LogP contribution >= 0.6 is 0 Å². The summed E-state index contributed by atoms with van der Waals surface area (Å²) >= 11 is 0. The molecule has 134 valence electrons. The Bertz CT molecular complexity index is 827. The van der Waals surface area contributed by atoms with Gasteiger partial charge in [-0.2, -0.15) is 5.10 Å². The molecule has 0 spiro atoms. The molecule has 2 aromatic heterocycles. The van der Waals surface area contributed by atoms with Gasteiger partial charge in [0.15, 0.2) is 5.78 Å². The molecule has 1 N–H and O–H groups in total. The first-order valence-corrected chi connectivity index (χ1v) is 8.93. The Kier molecular flexibility index (Phi) is 4.54. The van der Waals surface area contributed by atoms with Crippen molar-refractivity contribution in [1.29, 1.82) is 0 Å². The number of anilines is 1. The topological polar surface area (TPSA) is 68.9 Å². The number of ketones is 1. The van der Waals surface area contributed by atoms with Crippen LogP contribution in [0.15, 0.2) is 12.3 Å². The number of carbonyl (C=O) groups excluding carboxylic acids is 2. The van der Waals surface area contributed by atoms with Crippen LogP contribution in [0.5, 0.6) is 0 Å². The van der Waals surface area contributed by atoms with Crippen molar-refractivity contribution in [1.82, 2.24) is 14.3 Å². The lowest BCUT2D eigenvalue weighted by molar-refractivity contribution is -0.116. The van der Waals surface area contributed by atoms with Gasteiger partial charge in [0, 0.05) is 42.4 Å². The smallest absolute Gasteiger partial charge is 0.226 e. The Morgan fingerprint density at radius 3 is 2.64 bits per heavy atom. The van der Waals surface area contributed by atoms with E-state index in [-0.39, 0.29) is 23.7 Å². The van der Waals surface area contributed by atoms with Gasteiger partial charge in [0.2, 0.25) is 5.91 Å². The van der Waals surface area contributed by atoms with E-state index in [0.29, 0.717) is 12.0 Å². The lowest BCUT2D eigenvalue weighted by Gasteiger charge is -2.26. The van der Waals surface area contributed by atoms with Crippen LogP contribution in [0.4, 0.5) is 5.82 Å². The number of carbonyl (C=O) groups is 2. The maximum Gasteiger partial charge on any atom is 0.226 e. The van der Waals surface area contributed by atoms with Crippen molar-refractivity contribution in [3.05, 3.63) is 34.8 Å². The number of rotatable bonds is 5. The number of fused-ring (bicyclic) bond motifs is 1. The van der Waals surface area contributed by atoms with Crippen LogP contribution in [0.25, 0.3) is 0 Å². The highest BCUT2D eigenvalue weighted by Crippen LogP contribution is 2.41. The van der Waals surface area contributed by atoms with Crippen molar-refractivity contribution in [2.75, 3.05) is 5.32 Å². The number of Topliss-reactive ketones (excluding diaryl/α,β-unsaturated/α-hetero) is 1. The minimum Gasteiger partial charge on any atom is -0.353 e. The molecule has 0 aliphatic carbocycles. The number of hydrogen-bond donors (Lipinski definition) is 1. The molecule has 0 fully saturated rings. The second kappa shape index (κ2) is 6.50. The van der Waals surface area contributed by atoms with Crippen LogP contribution in [-0.2, 0) is 11.8 Å². The van der Waals surface area contributed by atoms with Crippen molar-refractivity contribution in [3.8, 4) is 0 Å². The maximum absolute atomic E-state index is 12.4. The van der Waals surface area contributed by atoms with E-state index in [1.807, 2.05) is 35.5 Å². The van der Waals surface area contributed by atoms with Crippen molar-refractivity contribution in [3.63, 3.8) is 0 Å². The molecule has 0 radical (unpaired) electrons. The Morgan fingerprint density at radius 2 is 2.08 bits per heavy atom. The van der Waals surface area contributed by atoms with Crippen molar-refractivity contribution >= 4 is 17.5 Å². The summed E-state index contributed by atoms with van der Waals surface area (Å²) in [6.07, 6.45) is 4.13. The normalized spacial score (nSPS) is 16.9. The summed E-state index contributed by atoms with van der Waals surface area (Å²) in [5.74, 6) is 0.768. The van der Waals surface area contributed by atoms with Crippen LogP contribution in [0, 0.1) is 6.92 Å². The molecule has 25 heavy (non-hydrogen) atoms. The Hall–Kier alpha value is -2.37. The predicted octanol–water partition coefficient (Wildman–Crippen LogP) is 3.57. The summed E-state index contributed by atoms with van der Waals surface area (Å²) in [5, 5.41) is 7.77. The fourth-order valence-corrected chi connectivity index (χ4v) is 3.84. The third-order valence-electron chi connectivity index (χ3n) is 5.22. The minimum absolute atomic E-state index is 0.00446. The summed E-state index contributed by atoms with van der Waals surface area (Å²) in [6, 6.07) is 2.17. The molecule has 3 heterocycles. The van der Waals surface area contributed by atoms with E-state index in [1.165, 1.54) is 0 Å². The van der Waals surface area contributed by atoms with Gasteiger partial charge >= 0.3 is 0 Å². The highest BCUT2D eigenvalue weighted by Gasteiger charge is 2.34. The van der Waals surface area contributed by atoms with Gasteiger partial charge in [0.05, 0.1) is 11.7 Å². The van der Waals surface area contributed by atoms with E-state index in [0.717, 1.165) is 35.6 Å². The second-order valence-corrected chi connectivity index (χ2v) is 6.89. The third-order valence-corrected chi connectivity index (χ3v) is 5.22. The average Bonchev–Trinajstić information content (AvgIpc) is 3.09. The van der Waals surface area contributed by atoms with E-state index in [9.17, 15) is 9.59 Å². The largest absolute Gasteiger partial charge is 0.353 e. The molecule has 6 heteroatoms. The van der Waals surface area contributed by atoms with Gasteiger partial charge < -0.3 is 9.88 Å². The summed E-state index contributed by atoms with van der Waals surface area (Å²) < 4.78 is 3.93. The van der Waals surface area contributed by atoms with Crippen LogP contribution in [0.3, 0.4) is 0 Å². The third kappa shape index (κ3) is 2.90. The van der Waals surface area contributed by atoms with E-state index < -0.39 is 0 Å². The van der Waals surface area contributed by atoms with E-state index >= 15 is 0 Å². The number of aryl methyl sites for hydroxylation is 2. The van der Waals surface area contributed by atoms with E-state index in [1.54, 1.807) is 6.92 Å². The molecule has 1 atom stereocenters. The van der Waals surface area contributed by atoms with Crippen LogP contribution in [0.2, 0.25) is 0 Å². The van der Waals surface area contributed by atoms with Crippen molar-refractivity contribution in [2.24, 2.45) is 7.05 Å². The standard InChI is InChI=1S/C19H26N4O2/c1-6-14(7-2)23-19-18(11(3)21-23)15(9-17(25)20-19)16-8-13(12(4)24)10-22(16)5/h8,10,14-15H,6-7,9H2,1-5H3,(H,20,25). The molecular formula is C19H26N4O2. The van der Waals surface area contributed by atoms with Crippen LogP contribution in [-0.4, -0.2) is 26.0 Å². The zero-order chi connectivity index (χ0) is 18.3. The number of hydrogen-bond acceptors (Lipinski definition) is 3. The molecule has 0 saturated carbocycles. The molecule has 1 amide bonds. The fraction of sp³-hybridized carbons (Fsp3) is 0.526. The molecule has 0 bridgehead atoms. The Morgan fingerprint density at radius 1 is 1.40 bits per heavy atom. The lowest BCUT2D eigenvalue weighted by atomic mass is 9.88. The van der Waals surface area contributed by atoms with Crippen LogP contribution < -0.4 is 5.32 Å². The molecule has 1 aliphatic heterocycles. The summed E-state index contributed by atoms with van der Waals surface area (Å²) in [7, 11) is 1.93. The molecule has 1 unspecified atom stereocenters. The van der Waals surface area contributed by atoms with Crippen molar-refractivity contribution < 1.29 is 9.59 Å². The number of nitrogens with one attached hydrogen (secondary N) is 1. The molecule has 3 rings (SSSR count). The summed E-state index contributed by atoms with van der Waals surface area (Å²) in [6.45, 7) is 7.83. The number of amides is 1. The molecule has 1 aliphatic rings. The minimum atomic E-state index is -0.0787. The Labute approximate surface area is 148 Å². The first kappa shape index (κ1) is 17.5. The quantitative estimate of drug-likeness (QED) is 0.845. The highest BCUT2D eigenvalue weighted by molar-refractivity contribution is 5.96. The number of nitrogens with zero attached hydrogens (tertiary/aromatic N) is 3. The van der Waals surface area contributed by atoms with Gasteiger partial charge in [0.1, 0.15) is 5.82 Å². The second-order valence-electron chi connectivity index (χ2n) is 6.89. The van der Waals surface area contributed by atoms with Gasteiger partial charge in [-0.15, -0.1) is 0 Å². The van der Waals surface area contributed by atoms with E-state index in [2.05, 4.69) is 19.2 Å². The monoisotopic (exact) mass is 342 g/mol. The van der Waals surface area contributed by atoms with Crippen LogP contribution in [0.1, 0.15) is 79.3 Å². The van der Waals surface area contributed by atoms with Gasteiger partial charge in [-0.25, -0.2) is 4.68 Å². The maximum atomic E-state index is 12.4. The van der Waals surface area contributed by atoms with Gasteiger partial charge in [-0.1, -0.05) is 13.8 Å². The molecule has 0 saturated heterocycles. The summed E-state index contributed by atoms with van der Waals surface area (Å²) in [4.78, 5) is 24.1. The van der Waals surface area contributed by atoms with Crippen molar-refractivity contribution in [2.45, 2.75) is 58.9 Å². The zero-order valence-electron chi connectivity index (χ0n) is 15.6. The highest BCUT2D eigenvalue weighted by atomic mass is 16.1. The predicted molar refractivity (Wildman–Crippen MR) is 97.1 cm³/mol. The molecule has 6 nitrogen and oxygen atoms in total. The molecule has 0 aromatic carbocycles. The molecule has 2 aromatic rings. The Balaban J connectivity index is 2.14. The van der Waals surface area contributed by atoms with Gasteiger partial charge in [0.25, 0.3) is 0 Å². The number of aromatic nitrogens is 3. The average molecular weight is 342 g/mol. The lowest BCUT2D eigenvalue weighted by Crippen LogP contribution is -2.26. The summed E-state index contributed by atoms with van der Waals surface area (Å²) in [5.41, 5.74) is 3.67. The molecular weight excluding hydrogens is 316 g/mol. The SMILES string of the molecule is CCC(CC)n1nc(C)c2c1NC(=O)CC2c1cc(C(C)=O)cn1C. The zero-order valence-corrected chi connectivity index (χ0v) is 15.6. The first-order valence-electron chi connectivity index (χ1n) is 8.93. The first-order chi connectivity index (χ1) is 11.9.